The molecule has 1 unspecified atom stereocenters. The topological polar surface area (TPSA) is 29.3 Å². The first kappa shape index (κ1) is 17.3. The molecule has 0 heterocycles. The molecule has 0 radical (unpaired) electrons. The summed E-state index contributed by atoms with van der Waals surface area (Å²) in [6.45, 7) is 9.34. The highest BCUT2D eigenvalue weighted by Gasteiger charge is 2.34. The van der Waals surface area contributed by atoms with Crippen molar-refractivity contribution in [2.75, 3.05) is 20.1 Å². The number of likely N-dealkylation sites (N-methyl/N-ethyl adjacent to an activating group) is 1. The average Bonchev–Trinajstić information content (AvgIpc) is 2.92. The third-order valence-electron chi connectivity index (χ3n) is 6.37. The van der Waals surface area contributed by atoms with Gasteiger partial charge in [0, 0.05) is 19.1 Å². The fraction of sp³-hybridized carbons (Fsp3) is 1.00. The molecule has 0 spiro atoms. The van der Waals surface area contributed by atoms with Crippen LogP contribution < -0.4 is 5.73 Å². The predicted octanol–water partition coefficient (Wildman–Crippen LogP) is 4.29. The summed E-state index contributed by atoms with van der Waals surface area (Å²) in [6.07, 6.45) is 11.4. The van der Waals surface area contributed by atoms with Crippen molar-refractivity contribution in [3.8, 4) is 0 Å². The van der Waals surface area contributed by atoms with Gasteiger partial charge in [-0.15, -0.1) is 0 Å². The lowest BCUT2D eigenvalue weighted by molar-refractivity contribution is 0.0876. The molecule has 0 aromatic rings. The van der Waals surface area contributed by atoms with E-state index in [4.69, 9.17) is 5.73 Å². The van der Waals surface area contributed by atoms with Gasteiger partial charge in [0.05, 0.1) is 0 Å². The van der Waals surface area contributed by atoms with E-state index in [9.17, 15) is 0 Å². The molecule has 0 aromatic carbocycles. The average molecular weight is 295 g/mol. The monoisotopic (exact) mass is 294 g/mol. The second kappa shape index (κ2) is 7.46. The van der Waals surface area contributed by atoms with Gasteiger partial charge in [-0.05, 0) is 68.7 Å². The molecule has 21 heavy (non-hydrogen) atoms. The largest absolute Gasteiger partial charge is 0.329 e. The van der Waals surface area contributed by atoms with Crippen molar-refractivity contribution in [2.24, 2.45) is 28.9 Å². The minimum atomic E-state index is 0.485. The Balaban J connectivity index is 1.83. The molecule has 0 aromatic heterocycles. The number of nitrogens with two attached hydrogens (primary N) is 1. The van der Waals surface area contributed by atoms with Crippen molar-refractivity contribution in [3.63, 3.8) is 0 Å². The Hall–Kier alpha value is -0.0800. The van der Waals surface area contributed by atoms with Gasteiger partial charge in [-0.3, -0.25) is 0 Å². The van der Waals surface area contributed by atoms with Crippen molar-refractivity contribution in [3.05, 3.63) is 0 Å². The molecule has 2 N–H and O–H groups in total. The molecule has 2 nitrogen and oxygen atoms in total. The standard InChI is InChI=1S/C19H38N2/c1-19(2,3)17-11-9-16(10-12-17)18(13-20)21(4)14-15-7-5-6-8-15/h15-18H,5-14,20H2,1-4H3. The number of nitrogens with zero attached hydrogens (tertiary/aromatic N) is 1. The molecular weight excluding hydrogens is 256 g/mol. The number of hydrogen-bond acceptors (Lipinski definition) is 2. The van der Waals surface area contributed by atoms with Gasteiger partial charge >= 0.3 is 0 Å². The van der Waals surface area contributed by atoms with Gasteiger partial charge < -0.3 is 10.6 Å². The Morgan fingerprint density at radius 2 is 1.57 bits per heavy atom. The number of rotatable bonds is 5. The second-order valence-electron chi connectivity index (χ2n) is 8.87. The maximum Gasteiger partial charge on any atom is 0.0243 e. The molecular formula is C19H38N2. The molecule has 2 rings (SSSR count). The normalized spacial score (nSPS) is 30.0. The van der Waals surface area contributed by atoms with E-state index in [1.54, 1.807) is 0 Å². The Morgan fingerprint density at radius 3 is 2.05 bits per heavy atom. The fourth-order valence-corrected chi connectivity index (χ4v) is 4.84. The van der Waals surface area contributed by atoms with Crippen LogP contribution in [0.2, 0.25) is 0 Å². The van der Waals surface area contributed by atoms with Gasteiger partial charge in [0.15, 0.2) is 0 Å². The van der Waals surface area contributed by atoms with Gasteiger partial charge in [0.2, 0.25) is 0 Å². The summed E-state index contributed by atoms with van der Waals surface area (Å²) in [4.78, 5) is 2.61. The first-order valence-electron chi connectivity index (χ1n) is 9.32. The van der Waals surface area contributed by atoms with Gasteiger partial charge in [-0.25, -0.2) is 0 Å². The third-order valence-corrected chi connectivity index (χ3v) is 6.37. The zero-order valence-electron chi connectivity index (χ0n) is 14.9. The van der Waals surface area contributed by atoms with Crippen LogP contribution in [0.25, 0.3) is 0 Å². The zero-order valence-corrected chi connectivity index (χ0v) is 14.9. The molecule has 2 aliphatic carbocycles. The second-order valence-corrected chi connectivity index (χ2v) is 8.87. The summed E-state index contributed by atoms with van der Waals surface area (Å²) >= 11 is 0. The molecule has 124 valence electrons. The smallest absolute Gasteiger partial charge is 0.0243 e. The van der Waals surface area contributed by atoms with Crippen LogP contribution in [-0.4, -0.2) is 31.1 Å². The Kier molecular flexibility index (Phi) is 6.14. The van der Waals surface area contributed by atoms with E-state index in [-0.39, 0.29) is 0 Å². The SMILES string of the molecule is CN(CC1CCCC1)C(CN)C1CCC(C(C)(C)C)CC1. The van der Waals surface area contributed by atoms with E-state index in [0.29, 0.717) is 11.5 Å². The molecule has 0 bridgehead atoms. The first-order chi connectivity index (χ1) is 9.91. The van der Waals surface area contributed by atoms with Crippen LogP contribution in [-0.2, 0) is 0 Å². The van der Waals surface area contributed by atoms with E-state index in [0.717, 1.165) is 24.3 Å². The lowest BCUT2D eigenvalue weighted by Gasteiger charge is -2.42. The molecule has 2 saturated carbocycles. The van der Waals surface area contributed by atoms with E-state index >= 15 is 0 Å². The first-order valence-corrected chi connectivity index (χ1v) is 9.32. The van der Waals surface area contributed by atoms with Crippen molar-refractivity contribution >= 4 is 0 Å². The Morgan fingerprint density at radius 1 is 1.00 bits per heavy atom. The predicted molar refractivity (Wildman–Crippen MR) is 92.3 cm³/mol. The van der Waals surface area contributed by atoms with Crippen LogP contribution in [0.4, 0.5) is 0 Å². The molecule has 2 heteroatoms. The summed E-state index contributed by atoms with van der Waals surface area (Å²) in [5.41, 5.74) is 6.64. The van der Waals surface area contributed by atoms with Crippen molar-refractivity contribution in [2.45, 2.75) is 78.2 Å². The molecule has 0 saturated heterocycles. The van der Waals surface area contributed by atoms with E-state index in [1.165, 1.54) is 57.9 Å². The summed E-state index contributed by atoms with van der Waals surface area (Å²) in [5, 5.41) is 0. The summed E-state index contributed by atoms with van der Waals surface area (Å²) in [7, 11) is 2.33. The van der Waals surface area contributed by atoms with E-state index in [1.807, 2.05) is 0 Å². The highest BCUT2D eigenvalue weighted by Crippen LogP contribution is 2.41. The molecule has 1 atom stereocenters. The van der Waals surface area contributed by atoms with Gasteiger partial charge in [-0.1, -0.05) is 33.6 Å². The van der Waals surface area contributed by atoms with Crippen LogP contribution in [0.1, 0.15) is 72.1 Å². The summed E-state index contributed by atoms with van der Waals surface area (Å²) in [5.74, 6) is 2.68. The maximum atomic E-state index is 6.16. The van der Waals surface area contributed by atoms with Gasteiger partial charge in [-0.2, -0.15) is 0 Å². The Bertz CT molecular complexity index is 293. The molecule has 0 amide bonds. The minimum Gasteiger partial charge on any atom is -0.329 e. The quantitative estimate of drug-likeness (QED) is 0.819. The highest BCUT2D eigenvalue weighted by atomic mass is 15.1. The lowest BCUT2D eigenvalue weighted by atomic mass is 9.68. The lowest BCUT2D eigenvalue weighted by Crippen LogP contribution is -2.46. The minimum absolute atomic E-state index is 0.485. The van der Waals surface area contributed by atoms with Crippen LogP contribution >= 0.6 is 0 Å². The molecule has 0 aliphatic heterocycles. The zero-order chi connectivity index (χ0) is 15.5. The van der Waals surface area contributed by atoms with Crippen LogP contribution in [0.15, 0.2) is 0 Å². The van der Waals surface area contributed by atoms with Crippen molar-refractivity contribution in [1.82, 2.24) is 4.90 Å². The fourth-order valence-electron chi connectivity index (χ4n) is 4.84. The van der Waals surface area contributed by atoms with E-state index < -0.39 is 0 Å². The highest BCUT2D eigenvalue weighted by molar-refractivity contribution is 4.87. The maximum absolute atomic E-state index is 6.16. The summed E-state index contributed by atoms with van der Waals surface area (Å²) in [6, 6.07) is 0.617. The van der Waals surface area contributed by atoms with Gasteiger partial charge in [0.25, 0.3) is 0 Å². The number of hydrogen-bond donors (Lipinski definition) is 1. The van der Waals surface area contributed by atoms with Gasteiger partial charge in [0.1, 0.15) is 0 Å². The molecule has 2 aliphatic rings. The summed E-state index contributed by atoms with van der Waals surface area (Å²) < 4.78 is 0. The van der Waals surface area contributed by atoms with E-state index in [2.05, 4.69) is 32.7 Å². The molecule has 2 fully saturated rings. The Labute approximate surface area is 132 Å². The van der Waals surface area contributed by atoms with Crippen molar-refractivity contribution < 1.29 is 0 Å². The third kappa shape index (κ3) is 4.69. The van der Waals surface area contributed by atoms with Crippen LogP contribution in [0, 0.1) is 23.2 Å². The van der Waals surface area contributed by atoms with Crippen molar-refractivity contribution in [1.29, 1.82) is 0 Å². The van der Waals surface area contributed by atoms with Crippen LogP contribution in [0.3, 0.4) is 0 Å². The van der Waals surface area contributed by atoms with Crippen LogP contribution in [0.5, 0.6) is 0 Å².